The molecule has 2 fully saturated rings. The van der Waals surface area contributed by atoms with Gasteiger partial charge in [-0.25, -0.2) is 17.9 Å². The average Bonchev–Trinajstić information content (AvgIpc) is 3.53. The van der Waals surface area contributed by atoms with Crippen LogP contribution in [0.3, 0.4) is 0 Å². The zero-order valence-corrected chi connectivity index (χ0v) is 32.9. The number of rotatable bonds is 12. The Kier molecular flexibility index (Phi) is 13.7. The van der Waals surface area contributed by atoms with E-state index in [1.165, 1.54) is 24.3 Å². The fourth-order valence-electron chi connectivity index (χ4n) is 7.73. The van der Waals surface area contributed by atoms with Crippen LogP contribution in [0.4, 0.5) is 18.9 Å². The molecule has 0 unspecified atom stereocenters. The number of sulfonamides is 1. The van der Waals surface area contributed by atoms with Gasteiger partial charge in [-0.05, 0) is 125 Å². The van der Waals surface area contributed by atoms with Gasteiger partial charge >= 0.3 is 11.9 Å². The van der Waals surface area contributed by atoms with E-state index >= 15 is 0 Å². The van der Waals surface area contributed by atoms with Gasteiger partial charge in [-0.2, -0.15) is 13.2 Å². The van der Waals surface area contributed by atoms with Crippen LogP contribution < -0.4 is 26.8 Å². The van der Waals surface area contributed by atoms with E-state index in [1.807, 2.05) is 14.1 Å². The molecule has 1 aromatic heterocycles. The van der Waals surface area contributed by atoms with E-state index in [9.17, 15) is 36.0 Å². The third-order valence-corrected chi connectivity index (χ3v) is 12.5. The molecule has 2 aliphatic carbocycles. The lowest BCUT2D eigenvalue weighted by Gasteiger charge is -2.32. The molecule has 1 heterocycles. The predicted octanol–water partition coefficient (Wildman–Crippen LogP) is 5.55. The third kappa shape index (κ3) is 10.4. The fourth-order valence-corrected chi connectivity index (χ4v) is 9.06. The monoisotopic (exact) mass is 819 g/mol. The molecule has 0 radical (unpaired) electrons. The number of alkyl halides is 3. The Balaban J connectivity index is 0.00000600. The van der Waals surface area contributed by atoms with Gasteiger partial charge in [-0.1, -0.05) is 30.3 Å². The summed E-state index contributed by atoms with van der Waals surface area (Å²) < 4.78 is 72.5. The minimum absolute atomic E-state index is 0. The molecule has 0 bridgehead atoms. The summed E-state index contributed by atoms with van der Waals surface area (Å²) >= 11 is 0. The number of nitrogens with two attached hydrogens (primary N) is 1. The van der Waals surface area contributed by atoms with E-state index < -0.39 is 44.3 Å². The Morgan fingerprint density at radius 1 is 0.893 bits per heavy atom. The van der Waals surface area contributed by atoms with Gasteiger partial charge < -0.3 is 31.2 Å². The molecule has 2 aliphatic rings. The summed E-state index contributed by atoms with van der Waals surface area (Å²) in [5, 5.41) is 5.71. The number of halogens is 4. The predicted molar refractivity (Wildman–Crippen MR) is 212 cm³/mol. The van der Waals surface area contributed by atoms with Crippen molar-refractivity contribution in [2.75, 3.05) is 26.0 Å². The molecular weight excluding hydrogens is 771 g/mol. The van der Waals surface area contributed by atoms with Crippen molar-refractivity contribution in [3.63, 3.8) is 0 Å². The van der Waals surface area contributed by atoms with Crippen molar-refractivity contribution in [2.45, 2.75) is 87.0 Å². The number of aromatic nitrogens is 2. The Hall–Kier alpha value is -4.22. The lowest BCUT2D eigenvalue weighted by Crippen LogP contribution is -2.48. The van der Waals surface area contributed by atoms with Crippen molar-refractivity contribution in [1.82, 2.24) is 24.9 Å². The molecule has 6 rings (SSSR count). The lowest BCUT2D eigenvalue weighted by molar-refractivity contribution is -0.137. The topological polar surface area (TPSA) is 182 Å². The molecule has 4 aromatic rings. The Morgan fingerprint density at radius 3 is 2.18 bits per heavy atom. The molecule has 1 atom stereocenters. The second kappa shape index (κ2) is 17.9. The molecule has 2 saturated carbocycles. The second-order valence-corrected chi connectivity index (χ2v) is 16.8. The number of amides is 2. The zero-order chi connectivity index (χ0) is 39.5. The van der Waals surface area contributed by atoms with Crippen molar-refractivity contribution in [3.8, 4) is 11.1 Å². The zero-order valence-electron chi connectivity index (χ0n) is 31.2. The van der Waals surface area contributed by atoms with Gasteiger partial charge in [0, 0.05) is 30.1 Å². The van der Waals surface area contributed by atoms with Crippen LogP contribution in [0.25, 0.3) is 22.2 Å². The maximum absolute atomic E-state index is 14.5. The van der Waals surface area contributed by atoms with Crippen molar-refractivity contribution >= 4 is 51.0 Å². The average molecular weight is 820 g/mol. The highest BCUT2D eigenvalue weighted by molar-refractivity contribution is 7.89. The summed E-state index contributed by atoms with van der Waals surface area (Å²) in [6.07, 6.45) is 0.827. The summed E-state index contributed by atoms with van der Waals surface area (Å²) in [6, 6.07) is 12.9. The second-order valence-electron chi connectivity index (χ2n) is 15.0. The van der Waals surface area contributed by atoms with Crippen molar-refractivity contribution in [1.29, 1.82) is 0 Å². The van der Waals surface area contributed by atoms with Crippen molar-refractivity contribution in [2.24, 2.45) is 17.6 Å². The van der Waals surface area contributed by atoms with Gasteiger partial charge in [-0.3, -0.25) is 9.59 Å². The summed E-state index contributed by atoms with van der Waals surface area (Å²) in [7, 11) is -0.289. The maximum atomic E-state index is 14.5. The number of benzene rings is 3. The first-order valence-corrected chi connectivity index (χ1v) is 20.1. The first kappa shape index (κ1) is 42.9. The van der Waals surface area contributed by atoms with E-state index in [2.05, 4.69) is 30.2 Å². The molecule has 17 heteroatoms. The molecule has 3 aromatic carbocycles. The molecule has 304 valence electrons. The van der Waals surface area contributed by atoms with Crippen LogP contribution in [0.2, 0.25) is 0 Å². The number of hydrogen-bond donors (Lipinski definition) is 6. The molecule has 7 N–H and O–H groups in total. The highest BCUT2D eigenvalue weighted by Gasteiger charge is 2.36. The SMILES string of the molecule is CN(C)C1CCC(NS(=O)(=O)c2ccc(-c3ccc(C[C@H](NC(=O)C4CCC(CN)CC4)C(=O)Nc4ccc5[nH]c(=O)[nH]c5c4)cc3)c(C(F)(F)F)c2)CC1.Cl. The normalized spacial score (nSPS) is 21.0. The Bertz CT molecular complexity index is 2160. The number of nitrogens with one attached hydrogen (secondary N) is 5. The van der Waals surface area contributed by atoms with Crippen LogP contribution >= 0.6 is 12.4 Å². The largest absolute Gasteiger partial charge is 0.417 e. The molecule has 56 heavy (non-hydrogen) atoms. The van der Waals surface area contributed by atoms with E-state index in [0.29, 0.717) is 72.5 Å². The minimum Gasteiger partial charge on any atom is -0.344 e. The number of anilines is 1. The van der Waals surface area contributed by atoms with Gasteiger partial charge in [0.1, 0.15) is 6.04 Å². The van der Waals surface area contributed by atoms with Gasteiger partial charge in [0.2, 0.25) is 21.8 Å². The molecule has 0 saturated heterocycles. The quantitative estimate of drug-likeness (QED) is 0.108. The first-order chi connectivity index (χ1) is 26.1. The molecule has 2 amide bonds. The van der Waals surface area contributed by atoms with E-state index in [0.717, 1.165) is 25.7 Å². The van der Waals surface area contributed by atoms with Crippen molar-refractivity contribution in [3.05, 3.63) is 82.3 Å². The number of nitrogens with zero attached hydrogens (tertiary/aromatic N) is 1. The van der Waals surface area contributed by atoms with E-state index in [4.69, 9.17) is 5.73 Å². The Labute approximate surface area is 330 Å². The molecular formula is C39H49ClF3N7O5S. The van der Waals surface area contributed by atoms with Crippen LogP contribution in [-0.4, -0.2) is 73.9 Å². The lowest BCUT2D eigenvalue weighted by atomic mass is 9.81. The Morgan fingerprint density at radius 2 is 1.55 bits per heavy atom. The summed E-state index contributed by atoms with van der Waals surface area (Å²) in [6.45, 7) is 0.551. The summed E-state index contributed by atoms with van der Waals surface area (Å²) in [5.74, 6) is -0.716. The van der Waals surface area contributed by atoms with Gasteiger partial charge in [0.05, 0.1) is 21.5 Å². The van der Waals surface area contributed by atoms with E-state index in [1.54, 1.807) is 30.3 Å². The maximum Gasteiger partial charge on any atom is 0.417 e. The van der Waals surface area contributed by atoms with Crippen LogP contribution in [0, 0.1) is 11.8 Å². The van der Waals surface area contributed by atoms with Crippen molar-refractivity contribution < 1.29 is 31.2 Å². The first-order valence-electron chi connectivity index (χ1n) is 18.6. The number of aromatic amines is 2. The van der Waals surface area contributed by atoms with Crippen LogP contribution in [0.5, 0.6) is 0 Å². The number of imidazole rings is 1. The fraction of sp³-hybridized carbons (Fsp3) is 0.462. The number of fused-ring (bicyclic) bond motifs is 1. The van der Waals surface area contributed by atoms with Crippen LogP contribution in [-0.2, 0) is 32.2 Å². The number of H-pyrrole nitrogens is 2. The highest BCUT2D eigenvalue weighted by atomic mass is 35.5. The standard InChI is InChI=1S/C39H48F3N7O5S.ClH/c1-49(2)29-14-11-27(12-15-29)48-55(53,54)30-16-17-31(32(21-30)39(40,41)42)25-7-3-23(4-8-25)19-35(45-36(50)26-9-5-24(22-43)6-10-26)37(51)44-28-13-18-33-34(20-28)47-38(52)46-33;/h3-4,7-8,13,16-18,20-21,24,26-27,29,35,48H,5-6,9-12,14-15,19,22,43H2,1-2H3,(H,44,51)(H,45,50)(H2,46,47,52);1H/t24?,26?,27?,29?,35-;/m0./s1. The van der Waals surface area contributed by atoms with Gasteiger partial charge in [0.15, 0.2) is 0 Å². The number of hydrogen-bond acceptors (Lipinski definition) is 7. The van der Waals surface area contributed by atoms with Gasteiger partial charge in [0.25, 0.3) is 0 Å². The highest BCUT2D eigenvalue weighted by Crippen LogP contribution is 2.39. The van der Waals surface area contributed by atoms with Crippen LogP contribution in [0.1, 0.15) is 62.5 Å². The summed E-state index contributed by atoms with van der Waals surface area (Å²) in [4.78, 5) is 45.8. The van der Waals surface area contributed by atoms with E-state index in [-0.39, 0.29) is 47.8 Å². The number of carbonyl (C=O) groups is 2. The van der Waals surface area contributed by atoms with Gasteiger partial charge in [-0.15, -0.1) is 12.4 Å². The molecule has 12 nitrogen and oxygen atoms in total. The molecule has 0 spiro atoms. The minimum atomic E-state index is -4.85. The van der Waals surface area contributed by atoms with Crippen LogP contribution in [0.15, 0.2) is 70.4 Å². The third-order valence-electron chi connectivity index (χ3n) is 11.0. The summed E-state index contributed by atoms with van der Waals surface area (Å²) in [5.41, 5.74) is 6.35. The molecule has 0 aliphatic heterocycles. The number of carbonyl (C=O) groups excluding carboxylic acids is 2. The smallest absolute Gasteiger partial charge is 0.344 e.